The van der Waals surface area contributed by atoms with Crippen molar-refractivity contribution in [3.63, 3.8) is 0 Å². The second-order valence-electron chi connectivity index (χ2n) is 3.06. The van der Waals surface area contributed by atoms with E-state index in [4.69, 9.17) is 10.2 Å². The fourth-order valence-electron chi connectivity index (χ4n) is 1.32. The third kappa shape index (κ3) is 2.61. The molecule has 0 aliphatic carbocycles. The second kappa shape index (κ2) is 5.00. The van der Waals surface area contributed by atoms with Gasteiger partial charge >= 0.3 is 0 Å². The van der Waals surface area contributed by atoms with Crippen molar-refractivity contribution in [2.75, 3.05) is 0 Å². The first-order chi connectivity index (χ1) is 7.40. The molecule has 0 radical (unpaired) electrons. The molecule has 0 amide bonds. The lowest BCUT2D eigenvalue weighted by molar-refractivity contribution is 0.454. The Morgan fingerprint density at radius 2 is 2.07 bits per heavy atom. The quantitative estimate of drug-likeness (QED) is 0.804. The molecule has 78 valence electrons. The molecule has 1 heterocycles. The van der Waals surface area contributed by atoms with Gasteiger partial charge in [-0.25, -0.2) is 4.98 Å². The molecule has 0 aliphatic heterocycles. The standard InChI is InChI=1S/C11H12N2OS/c12-7-9-3-1-2-4-10(9)8-15-11-13-5-6-14-11/h1-6H,7-8,12H2. The van der Waals surface area contributed by atoms with Crippen LogP contribution >= 0.6 is 11.8 Å². The van der Waals surface area contributed by atoms with Crippen LogP contribution in [0.15, 0.2) is 46.4 Å². The molecule has 2 aromatic rings. The summed E-state index contributed by atoms with van der Waals surface area (Å²) < 4.78 is 5.15. The van der Waals surface area contributed by atoms with Crippen LogP contribution in [-0.4, -0.2) is 4.98 Å². The Bertz CT molecular complexity index is 414. The van der Waals surface area contributed by atoms with Crippen LogP contribution in [0.1, 0.15) is 11.1 Å². The summed E-state index contributed by atoms with van der Waals surface area (Å²) >= 11 is 1.58. The molecule has 0 unspecified atom stereocenters. The van der Waals surface area contributed by atoms with Gasteiger partial charge in [-0.15, -0.1) is 0 Å². The van der Waals surface area contributed by atoms with Gasteiger partial charge in [-0.3, -0.25) is 0 Å². The van der Waals surface area contributed by atoms with E-state index in [1.165, 1.54) is 11.1 Å². The molecule has 0 bridgehead atoms. The Labute approximate surface area is 92.7 Å². The Morgan fingerprint density at radius 1 is 1.27 bits per heavy atom. The highest BCUT2D eigenvalue weighted by Gasteiger charge is 2.03. The SMILES string of the molecule is NCc1ccccc1CSc1ncco1. The molecule has 0 fully saturated rings. The van der Waals surface area contributed by atoms with E-state index in [-0.39, 0.29) is 0 Å². The van der Waals surface area contributed by atoms with E-state index >= 15 is 0 Å². The zero-order valence-corrected chi connectivity index (χ0v) is 9.04. The summed E-state index contributed by atoms with van der Waals surface area (Å²) in [6.07, 6.45) is 3.23. The maximum Gasteiger partial charge on any atom is 0.255 e. The molecule has 0 spiro atoms. The molecule has 2 rings (SSSR count). The topological polar surface area (TPSA) is 52.0 Å². The fourth-order valence-corrected chi connectivity index (χ4v) is 2.14. The van der Waals surface area contributed by atoms with Crippen LogP contribution in [0.5, 0.6) is 0 Å². The van der Waals surface area contributed by atoms with E-state index in [1.54, 1.807) is 24.2 Å². The molecular weight excluding hydrogens is 208 g/mol. The van der Waals surface area contributed by atoms with E-state index in [9.17, 15) is 0 Å². The molecule has 0 aliphatic rings. The molecule has 3 nitrogen and oxygen atoms in total. The average Bonchev–Trinajstić information content (AvgIpc) is 2.79. The minimum atomic E-state index is 0.572. The molecule has 1 aromatic carbocycles. The number of nitrogens with zero attached hydrogens (tertiary/aromatic N) is 1. The van der Waals surface area contributed by atoms with Gasteiger partial charge < -0.3 is 10.2 Å². The van der Waals surface area contributed by atoms with Crippen molar-refractivity contribution < 1.29 is 4.42 Å². The molecular formula is C11H12N2OS. The van der Waals surface area contributed by atoms with Crippen molar-refractivity contribution in [1.29, 1.82) is 0 Å². The van der Waals surface area contributed by atoms with Gasteiger partial charge in [-0.1, -0.05) is 36.0 Å². The predicted molar refractivity (Wildman–Crippen MR) is 60.4 cm³/mol. The van der Waals surface area contributed by atoms with Crippen LogP contribution in [0.25, 0.3) is 0 Å². The first-order valence-corrected chi connectivity index (χ1v) is 5.68. The Hall–Kier alpha value is -1.26. The predicted octanol–water partition coefficient (Wildman–Crippen LogP) is 2.43. The fraction of sp³-hybridized carbons (Fsp3) is 0.182. The summed E-state index contributed by atoms with van der Waals surface area (Å²) in [6, 6.07) is 8.15. The summed E-state index contributed by atoms with van der Waals surface area (Å²) in [4.78, 5) is 4.05. The van der Waals surface area contributed by atoms with Gasteiger partial charge in [0.15, 0.2) is 0 Å². The van der Waals surface area contributed by atoms with Crippen molar-refractivity contribution in [3.8, 4) is 0 Å². The van der Waals surface area contributed by atoms with Gasteiger partial charge in [-0.05, 0) is 11.1 Å². The minimum absolute atomic E-state index is 0.572. The van der Waals surface area contributed by atoms with Crippen molar-refractivity contribution in [2.45, 2.75) is 17.5 Å². The smallest absolute Gasteiger partial charge is 0.255 e. The van der Waals surface area contributed by atoms with Crippen LogP contribution in [-0.2, 0) is 12.3 Å². The first kappa shape index (κ1) is 10.3. The van der Waals surface area contributed by atoms with Gasteiger partial charge in [0.25, 0.3) is 5.22 Å². The summed E-state index contributed by atoms with van der Waals surface area (Å²) in [5, 5.41) is 0.696. The van der Waals surface area contributed by atoms with Crippen LogP contribution in [0.2, 0.25) is 0 Å². The molecule has 1 aromatic heterocycles. The number of rotatable bonds is 4. The number of benzene rings is 1. The molecule has 0 atom stereocenters. The van der Waals surface area contributed by atoms with Crippen LogP contribution in [0.4, 0.5) is 0 Å². The number of oxazole rings is 1. The van der Waals surface area contributed by atoms with Gasteiger partial charge in [0.05, 0.1) is 6.20 Å². The summed E-state index contributed by atoms with van der Waals surface area (Å²) in [7, 11) is 0. The normalized spacial score (nSPS) is 10.5. The number of hydrogen-bond acceptors (Lipinski definition) is 4. The highest BCUT2D eigenvalue weighted by molar-refractivity contribution is 7.98. The Morgan fingerprint density at radius 3 is 2.73 bits per heavy atom. The van der Waals surface area contributed by atoms with Crippen LogP contribution in [0, 0.1) is 0 Å². The zero-order valence-electron chi connectivity index (χ0n) is 8.22. The van der Waals surface area contributed by atoms with Crippen molar-refractivity contribution in [1.82, 2.24) is 4.98 Å². The highest BCUT2D eigenvalue weighted by atomic mass is 32.2. The van der Waals surface area contributed by atoms with E-state index in [0.29, 0.717) is 11.8 Å². The molecule has 4 heteroatoms. The zero-order chi connectivity index (χ0) is 10.5. The van der Waals surface area contributed by atoms with Crippen LogP contribution < -0.4 is 5.73 Å². The maximum absolute atomic E-state index is 5.65. The number of nitrogens with two attached hydrogens (primary N) is 1. The monoisotopic (exact) mass is 220 g/mol. The van der Waals surface area contributed by atoms with Gasteiger partial charge in [0.1, 0.15) is 6.26 Å². The summed E-state index contributed by atoms with van der Waals surface area (Å²) in [5.74, 6) is 0.841. The summed E-state index contributed by atoms with van der Waals surface area (Å²) in [5.41, 5.74) is 8.07. The van der Waals surface area contributed by atoms with E-state index in [2.05, 4.69) is 11.1 Å². The number of thioether (sulfide) groups is 1. The Kier molecular flexibility index (Phi) is 3.42. The third-order valence-electron chi connectivity index (χ3n) is 2.10. The summed E-state index contributed by atoms with van der Waals surface area (Å²) in [6.45, 7) is 0.572. The van der Waals surface area contributed by atoms with E-state index < -0.39 is 0 Å². The van der Waals surface area contributed by atoms with Gasteiger partial charge in [-0.2, -0.15) is 0 Å². The maximum atomic E-state index is 5.65. The molecule has 0 saturated carbocycles. The Balaban J connectivity index is 2.04. The van der Waals surface area contributed by atoms with E-state index in [0.717, 1.165) is 5.75 Å². The van der Waals surface area contributed by atoms with Gasteiger partial charge in [0, 0.05) is 12.3 Å². The van der Waals surface area contributed by atoms with Crippen LogP contribution in [0.3, 0.4) is 0 Å². The van der Waals surface area contributed by atoms with Crippen molar-refractivity contribution in [2.24, 2.45) is 5.73 Å². The lowest BCUT2D eigenvalue weighted by atomic mass is 10.1. The lowest BCUT2D eigenvalue weighted by Gasteiger charge is -2.04. The molecule has 0 saturated heterocycles. The number of aromatic nitrogens is 1. The van der Waals surface area contributed by atoms with Crippen molar-refractivity contribution in [3.05, 3.63) is 47.9 Å². The van der Waals surface area contributed by atoms with E-state index in [1.807, 2.05) is 18.2 Å². The second-order valence-corrected chi connectivity index (χ2v) is 3.99. The molecule has 2 N–H and O–H groups in total. The highest BCUT2D eigenvalue weighted by Crippen LogP contribution is 2.22. The lowest BCUT2D eigenvalue weighted by Crippen LogP contribution is -2.00. The minimum Gasteiger partial charge on any atom is -0.440 e. The largest absolute Gasteiger partial charge is 0.440 e. The number of hydrogen-bond donors (Lipinski definition) is 1. The van der Waals surface area contributed by atoms with Gasteiger partial charge in [0.2, 0.25) is 0 Å². The first-order valence-electron chi connectivity index (χ1n) is 4.69. The third-order valence-corrected chi connectivity index (χ3v) is 3.00. The average molecular weight is 220 g/mol. The van der Waals surface area contributed by atoms with Crippen molar-refractivity contribution >= 4 is 11.8 Å². The molecule has 15 heavy (non-hydrogen) atoms.